The maximum atomic E-state index is 11.4. The van der Waals surface area contributed by atoms with Crippen LogP contribution in [0.5, 0.6) is 0 Å². The van der Waals surface area contributed by atoms with E-state index in [-0.39, 0.29) is 6.54 Å². The van der Waals surface area contributed by atoms with Gasteiger partial charge >= 0.3 is 12.0 Å². The average Bonchev–Trinajstić information content (AvgIpc) is 2.37. The van der Waals surface area contributed by atoms with Gasteiger partial charge in [0.25, 0.3) is 0 Å². The predicted octanol–water partition coefficient (Wildman–Crippen LogP) is 0.656. The Morgan fingerprint density at radius 2 is 1.75 bits per heavy atom. The van der Waals surface area contributed by atoms with Gasteiger partial charge in [0.1, 0.15) is 0 Å². The van der Waals surface area contributed by atoms with Gasteiger partial charge in [-0.05, 0) is 31.5 Å². The fourth-order valence-electron chi connectivity index (χ4n) is 1.44. The lowest BCUT2D eigenvalue weighted by Crippen LogP contribution is -2.36. The van der Waals surface area contributed by atoms with Crippen LogP contribution < -0.4 is 16.4 Å². The van der Waals surface area contributed by atoms with Crippen molar-refractivity contribution in [1.82, 2.24) is 5.32 Å². The van der Waals surface area contributed by atoms with Crippen LogP contribution in [0.1, 0.15) is 19.4 Å². The number of carboxylic acid groups (broad SMARTS) is 1. The first-order chi connectivity index (χ1) is 9.23. The zero-order valence-electron chi connectivity index (χ0n) is 11.3. The number of carbonyl (C=O) groups is 3. The van der Waals surface area contributed by atoms with Gasteiger partial charge < -0.3 is 21.5 Å². The second-order valence-corrected chi connectivity index (χ2v) is 4.78. The minimum absolute atomic E-state index is 0.254. The van der Waals surface area contributed by atoms with Crippen LogP contribution in [0, 0.1) is 0 Å². The molecule has 0 fully saturated rings. The maximum absolute atomic E-state index is 11.4. The highest BCUT2D eigenvalue weighted by Crippen LogP contribution is 2.24. The van der Waals surface area contributed by atoms with E-state index in [1.807, 2.05) is 0 Å². The Balaban J connectivity index is 2.70. The molecule has 3 amide bonds. The Kier molecular flexibility index (Phi) is 4.68. The number of anilines is 1. The van der Waals surface area contributed by atoms with E-state index < -0.39 is 23.3 Å². The first kappa shape index (κ1) is 15.5. The smallest absolute Gasteiger partial charge is 0.319 e. The van der Waals surface area contributed by atoms with Crippen LogP contribution in [0.25, 0.3) is 0 Å². The molecule has 0 spiro atoms. The van der Waals surface area contributed by atoms with Gasteiger partial charge in [-0.2, -0.15) is 0 Å². The number of benzene rings is 1. The Labute approximate surface area is 116 Å². The van der Waals surface area contributed by atoms with Crippen LogP contribution in [0.3, 0.4) is 0 Å². The van der Waals surface area contributed by atoms with Gasteiger partial charge in [-0.1, -0.05) is 12.1 Å². The van der Waals surface area contributed by atoms with Crippen molar-refractivity contribution in [2.75, 3.05) is 11.9 Å². The van der Waals surface area contributed by atoms with Crippen molar-refractivity contribution in [3.05, 3.63) is 29.8 Å². The second-order valence-electron chi connectivity index (χ2n) is 4.78. The minimum atomic E-state index is -1.01. The number of hydrogen-bond acceptors (Lipinski definition) is 3. The summed E-state index contributed by atoms with van der Waals surface area (Å²) in [6.45, 7) is 2.94. The minimum Gasteiger partial charge on any atom is -0.481 e. The third-order valence-electron chi connectivity index (χ3n) is 2.82. The molecule has 0 radical (unpaired) electrons. The molecule has 1 aromatic rings. The van der Waals surface area contributed by atoms with Gasteiger partial charge in [0.15, 0.2) is 0 Å². The molecule has 7 nitrogen and oxygen atoms in total. The third kappa shape index (κ3) is 3.98. The van der Waals surface area contributed by atoms with Gasteiger partial charge in [0.05, 0.1) is 12.0 Å². The molecule has 0 saturated carbocycles. The molecule has 0 aliphatic heterocycles. The normalized spacial score (nSPS) is 10.7. The monoisotopic (exact) mass is 279 g/mol. The zero-order chi connectivity index (χ0) is 15.3. The topological polar surface area (TPSA) is 122 Å². The summed E-state index contributed by atoms with van der Waals surface area (Å²) in [6, 6.07) is 5.86. The number of carboxylic acids is 1. The lowest BCUT2D eigenvalue weighted by atomic mass is 9.85. The van der Waals surface area contributed by atoms with E-state index in [2.05, 4.69) is 10.6 Å². The molecule has 7 heteroatoms. The molecule has 0 saturated heterocycles. The predicted molar refractivity (Wildman–Crippen MR) is 73.3 cm³/mol. The summed E-state index contributed by atoms with van der Waals surface area (Å²) in [5, 5.41) is 13.9. The molecule has 1 aromatic carbocycles. The lowest BCUT2D eigenvalue weighted by Gasteiger charge is -2.19. The summed E-state index contributed by atoms with van der Waals surface area (Å²) in [4.78, 5) is 33.0. The summed E-state index contributed by atoms with van der Waals surface area (Å²) in [5.41, 5.74) is 4.99. The van der Waals surface area contributed by atoms with Gasteiger partial charge in [-0.25, -0.2) is 4.79 Å². The van der Waals surface area contributed by atoms with E-state index in [9.17, 15) is 14.4 Å². The number of nitrogens with one attached hydrogen (secondary N) is 2. The number of amides is 3. The molecule has 0 atom stereocenters. The molecule has 1 rings (SSSR count). The van der Waals surface area contributed by atoms with Crippen LogP contribution >= 0.6 is 0 Å². The van der Waals surface area contributed by atoms with E-state index >= 15 is 0 Å². The van der Waals surface area contributed by atoms with E-state index in [4.69, 9.17) is 10.8 Å². The summed E-state index contributed by atoms with van der Waals surface area (Å²) >= 11 is 0. The van der Waals surface area contributed by atoms with E-state index in [1.54, 1.807) is 38.1 Å². The highest BCUT2D eigenvalue weighted by Gasteiger charge is 2.29. The van der Waals surface area contributed by atoms with Crippen molar-refractivity contribution in [2.45, 2.75) is 19.3 Å². The summed E-state index contributed by atoms with van der Waals surface area (Å²) in [7, 11) is 0. The van der Waals surface area contributed by atoms with Gasteiger partial charge in [0.2, 0.25) is 5.91 Å². The largest absolute Gasteiger partial charge is 0.481 e. The van der Waals surface area contributed by atoms with E-state index in [1.165, 1.54) is 0 Å². The van der Waals surface area contributed by atoms with Crippen LogP contribution in [0.4, 0.5) is 10.5 Å². The van der Waals surface area contributed by atoms with Crippen LogP contribution in [0.2, 0.25) is 0 Å². The number of hydrogen-bond donors (Lipinski definition) is 4. The molecular formula is C13H17N3O4. The van der Waals surface area contributed by atoms with Gasteiger partial charge in [0, 0.05) is 5.69 Å². The van der Waals surface area contributed by atoms with Gasteiger partial charge in [-0.15, -0.1) is 0 Å². The van der Waals surface area contributed by atoms with Crippen molar-refractivity contribution in [1.29, 1.82) is 0 Å². The highest BCUT2D eigenvalue weighted by molar-refractivity contribution is 5.92. The molecule has 5 N–H and O–H groups in total. The first-order valence-corrected chi connectivity index (χ1v) is 5.90. The first-order valence-electron chi connectivity index (χ1n) is 5.90. The maximum Gasteiger partial charge on any atom is 0.319 e. The quantitative estimate of drug-likeness (QED) is 0.632. The Morgan fingerprint density at radius 1 is 1.20 bits per heavy atom. The van der Waals surface area contributed by atoms with Crippen molar-refractivity contribution in [3.8, 4) is 0 Å². The molecule has 108 valence electrons. The Bertz CT molecular complexity index is 523. The summed E-state index contributed by atoms with van der Waals surface area (Å²) < 4.78 is 0. The number of rotatable bonds is 5. The molecular weight excluding hydrogens is 262 g/mol. The highest BCUT2D eigenvalue weighted by atomic mass is 16.4. The molecule has 0 bridgehead atoms. The SMILES string of the molecule is CC(C)(C(=O)O)c1ccc(NC(=O)NCC(N)=O)cc1. The van der Waals surface area contributed by atoms with E-state index in [0.29, 0.717) is 11.3 Å². The Hall–Kier alpha value is -2.57. The number of carbonyl (C=O) groups excluding carboxylic acids is 2. The molecule has 0 aromatic heterocycles. The van der Waals surface area contributed by atoms with Crippen molar-refractivity contribution >= 4 is 23.6 Å². The summed E-state index contributed by atoms with van der Waals surface area (Å²) in [6.07, 6.45) is 0. The van der Waals surface area contributed by atoms with E-state index in [0.717, 1.165) is 0 Å². The molecule has 0 aliphatic carbocycles. The molecule has 0 unspecified atom stereocenters. The molecule has 20 heavy (non-hydrogen) atoms. The van der Waals surface area contributed by atoms with Crippen molar-refractivity contribution < 1.29 is 19.5 Å². The van der Waals surface area contributed by atoms with Crippen molar-refractivity contribution in [2.24, 2.45) is 5.73 Å². The third-order valence-corrected chi connectivity index (χ3v) is 2.82. The van der Waals surface area contributed by atoms with Crippen LogP contribution in [0.15, 0.2) is 24.3 Å². The number of nitrogens with two attached hydrogens (primary N) is 1. The zero-order valence-corrected chi connectivity index (χ0v) is 11.3. The lowest BCUT2D eigenvalue weighted by molar-refractivity contribution is -0.142. The molecule has 0 aliphatic rings. The van der Waals surface area contributed by atoms with Crippen LogP contribution in [-0.2, 0) is 15.0 Å². The number of primary amides is 1. The Morgan fingerprint density at radius 3 is 2.20 bits per heavy atom. The number of aliphatic carboxylic acids is 1. The summed E-state index contributed by atoms with van der Waals surface area (Å²) in [5.74, 6) is -1.57. The molecule has 0 heterocycles. The van der Waals surface area contributed by atoms with Gasteiger partial charge in [-0.3, -0.25) is 9.59 Å². The fourth-order valence-corrected chi connectivity index (χ4v) is 1.44. The average molecular weight is 279 g/mol. The van der Waals surface area contributed by atoms with Crippen LogP contribution in [-0.4, -0.2) is 29.6 Å². The van der Waals surface area contributed by atoms with Crippen molar-refractivity contribution in [3.63, 3.8) is 0 Å². The second kappa shape index (κ2) is 6.05. The number of urea groups is 1. The standard InChI is InChI=1S/C13H17N3O4/c1-13(2,11(18)19)8-3-5-9(6-4-8)16-12(20)15-7-10(14)17/h3-6H,7H2,1-2H3,(H2,14,17)(H,18,19)(H2,15,16,20). The fraction of sp³-hybridized carbons (Fsp3) is 0.308.